The van der Waals surface area contributed by atoms with E-state index in [1.165, 1.54) is 10.6 Å². The second kappa shape index (κ2) is 6.90. The molecule has 7 nitrogen and oxygen atoms in total. The lowest BCUT2D eigenvalue weighted by Crippen LogP contribution is -2.32. The second-order valence-electron chi connectivity index (χ2n) is 5.46. The van der Waals surface area contributed by atoms with Gasteiger partial charge in [-0.3, -0.25) is 9.59 Å². The van der Waals surface area contributed by atoms with Crippen LogP contribution in [0.3, 0.4) is 0 Å². The van der Waals surface area contributed by atoms with Crippen molar-refractivity contribution < 1.29 is 9.32 Å². The van der Waals surface area contributed by atoms with Gasteiger partial charge < -0.3 is 14.4 Å². The molecule has 128 valence electrons. The monoisotopic (exact) mass is 358 g/mol. The van der Waals surface area contributed by atoms with Crippen molar-refractivity contribution in [1.82, 2.24) is 20.0 Å². The Bertz CT molecular complexity index is 976. The average Bonchev–Trinajstić information content (AvgIpc) is 3.07. The van der Waals surface area contributed by atoms with Crippen LogP contribution in [0.2, 0.25) is 5.02 Å². The second-order valence-corrected chi connectivity index (χ2v) is 5.89. The topological polar surface area (TPSA) is 90.0 Å². The van der Waals surface area contributed by atoms with E-state index in [2.05, 4.69) is 15.5 Å². The fourth-order valence-electron chi connectivity index (χ4n) is 2.19. The van der Waals surface area contributed by atoms with Gasteiger partial charge in [-0.1, -0.05) is 16.8 Å². The van der Waals surface area contributed by atoms with Gasteiger partial charge in [0.25, 0.3) is 17.4 Å². The minimum absolute atomic E-state index is 0.0486. The fourth-order valence-corrected chi connectivity index (χ4v) is 2.32. The molecule has 0 aliphatic carbocycles. The summed E-state index contributed by atoms with van der Waals surface area (Å²) in [7, 11) is 1.62. The van der Waals surface area contributed by atoms with Gasteiger partial charge in [0.1, 0.15) is 5.56 Å². The summed E-state index contributed by atoms with van der Waals surface area (Å²) in [6, 6.07) is 10.2. The van der Waals surface area contributed by atoms with Gasteiger partial charge in [-0.2, -0.15) is 4.98 Å². The molecule has 0 aliphatic heterocycles. The summed E-state index contributed by atoms with van der Waals surface area (Å²) in [5.41, 5.74) is 1.20. The maximum Gasteiger partial charge on any atom is 0.263 e. The first-order chi connectivity index (χ1) is 12.0. The molecule has 0 saturated carbocycles. The molecule has 1 N–H and O–H groups in total. The van der Waals surface area contributed by atoms with Crippen molar-refractivity contribution >= 4 is 17.5 Å². The molecule has 0 atom stereocenters. The predicted molar refractivity (Wildman–Crippen MR) is 92.3 cm³/mol. The number of halogens is 1. The summed E-state index contributed by atoms with van der Waals surface area (Å²) in [5.74, 6) is 0.146. The summed E-state index contributed by atoms with van der Waals surface area (Å²) < 4.78 is 6.58. The maximum absolute atomic E-state index is 12.2. The van der Waals surface area contributed by atoms with Crippen LogP contribution in [0.25, 0.3) is 11.5 Å². The predicted octanol–water partition coefficient (Wildman–Crippen LogP) is 2.33. The van der Waals surface area contributed by atoms with E-state index in [4.69, 9.17) is 16.1 Å². The Balaban J connectivity index is 1.70. The molecule has 8 heteroatoms. The molecule has 3 aromatic rings. The highest BCUT2D eigenvalue weighted by atomic mass is 35.5. The third-order valence-corrected chi connectivity index (χ3v) is 4.02. The van der Waals surface area contributed by atoms with Crippen LogP contribution in [-0.4, -0.2) is 20.6 Å². The number of aryl methyl sites for hydroxylation is 1. The van der Waals surface area contributed by atoms with E-state index in [1.54, 1.807) is 44.3 Å². The first-order valence-corrected chi connectivity index (χ1v) is 7.87. The lowest BCUT2D eigenvalue weighted by atomic mass is 10.2. The molecule has 0 spiro atoms. The van der Waals surface area contributed by atoms with Crippen LogP contribution in [0, 0.1) is 6.92 Å². The minimum Gasteiger partial charge on any atom is -0.344 e. The van der Waals surface area contributed by atoms with Crippen molar-refractivity contribution in [1.29, 1.82) is 0 Å². The number of pyridine rings is 1. The van der Waals surface area contributed by atoms with E-state index >= 15 is 0 Å². The summed E-state index contributed by atoms with van der Waals surface area (Å²) in [5, 5.41) is 7.04. The van der Waals surface area contributed by atoms with Gasteiger partial charge in [0.2, 0.25) is 0 Å². The Morgan fingerprint density at radius 2 is 1.96 bits per heavy atom. The number of hydrogen-bond acceptors (Lipinski definition) is 5. The van der Waals surface area contributed by atoms with Gasteiger partial charge in [-0.15, -0.1) is 0 Å². The van der Waals surface area contributed by atoms with Gasteiger partial charge in [-0.05, 0) is 43.3 Å². The Kier molecular flexibility index (Phi) is 4.67. The molecule has 0 bridgehead atoms. The van der Waals surface area contributed by atoms with E-state index in [9.17, 15) is 9.59 Å². The standard InChI is InChI=1S/C17H15ClN4O3/c1-10-3-8-13(17(24)22(10)2)15(23)19-9-14-20-16(25-21-14)11-4-6-12(18)7-5-11/h3-8H,9H2,1-2H3,(H,19,23). The highest BCUT2D eigenvalue weighted by molar-refractivity contribution is 6.30. The van der Waals surface area contributed by atoms with Gasteiger partial charge in [0.15, 0.2) is 5.82 Å². The van der Waals surface area contributed by atoms with E-state index in [0.717, 1.165) is 11.3 Å². The minimum atomic E-state index is -0.488. The van der Waals surface area contributed by atoms with Crippen LogP contribution in [-0.2, 0) is 13.6 Å². The van der Waals surface area contributed by atoms with Crippen molar-refractivity contribution in [3.8, 4) is 11.5 Å². The number of benzene rings is 1. The number of amides is 1. The van der Waals surface area contributed by atoms with E-state index in [1.807, 2.05) is 0 Å². The lowest BCUT2D eigenvalue weighted by Gasteiger charge is -2.06. The largest absolute Gasteiger partial charge is 0.344 e. The zero-order chi connectivity index (χ0) is 18.0. The van der Waals surface area contributed by atoms with Crippen LogP contribution >= 0.6 is 11.6 Å². The number of nitrogens with one attached hydrogen (secondary N) is 1. The van der Waals surface area contributed by atoms with Crippen molar-refractivity contribution in [3.05, 3.63) is 68.9 Å². The smallest absolute Gasteiger partial charge is 0.263 e. The summed E-state index contributed by atoms with van der Waals surface area (Å²) >= 11 is 5.84. The van der Waals surface area contributed by atoms with Gasteiger partial charge in [0.05, 0.1) is 6.54 Å². The quantitative estimate of drug-likeness (QED) is 0.773. The van der Waals surface area contributed by atoms with Crippen LogP contribution in [0.1, 0.15) is 21.9 Å². The first-order valence-electron chi connectivity index (χ1n) is 7.49. The molecule has 1 aromatic carbocycles. The molecule has 0 fully saturated rings. The number of carbonyl (C=O) groups excluding carboxylic acids is 1. The Hall–Kier alpha value is -2.93. The fraction of sp³-hybridized carbons (Fsp3) is 0.176. The maximum atomic E-state index is 12.2. The molecule has 0 unspecified atom stereocenters. The number of carbonyl (C=O) groups is 1. The molecule has 2 heterocycles. The van der Waals surface area contributed by atoms with Crippen LogP contribution in [0.15, 0.2) is 45.7 Å². The van der Waals surface area contributed by atoms with Crippen molar-refractivity contribution in [2.75, 3.05) is 0 Å². The molecule has 0 radical (unpaired) electrons. The summed E-state index contributed by atoms with van der Waals surface area (Å²) in [6.45, 7) is 1.84. The van der Waals surface area contributed by atoms with Gasteiger partial charge in [-0.25, -0.2) is 0 Å². The highest BCUT2D eigenvalue weighted by Crippen LogP contribution is 2.19. The van der Waals surface area contributed by atoms with Crippen LogP contribution in [0.4, 0.5) is 0 Å². The van der Waals surface area contributed by atoms with Gasteiger partial charge in [0, 0.05) is 23.3 Å². The lowest BCUT2D eigenvalue weighted by molar-refractivity contribution is 0.0947. The number of nitrogens with zero attached hydrogens (tertiary/aromatic N) is 3. The molecule has 0 saturated heterocycles. The zero-order valence-corrected chi connectivity index (χ0v) is 14.4. The zero-order valence-electron chi connectivity index (χ0n) is 13.6. The third-order valence-electron chi connectivity index (χ3n) is 3.77. The molecule has 2 aromatic heterocycles. The van der Waals surface area contributed by atoms with E-state index in [-0.39, 0.29) is 17.7 Å². The normalized spacial score (nSPS) is 10.7. The molecule has 3 rings (SSSR count). The van der Waals surface area contributed by atoms with Gasteiger partial charge >= 0.3 is 0 Å². The van der Waals surface area contributed by atoms with Crippen LogP contribution < -0.4 is 10.9 Å². The van der Waals surface area contributed by atoms with Crippen molar-refractivity contribution in [2.45, 2.75) is 13.5 Å². The average molecular weight is 359 g/mol. The third kappa shape index (κ3) is 3.61. The summed E-state index contributed by atoms with van der Waals surface area (Å²) in [6.07, 6.45) is 0. The van der Waals surface area contributed by atoms with Crippen LogP contribution in [0.5, 0.6) is 0 Å². The van der Waals surface area contributed by atoms with E-state index in [0.29, 0.717) is 16.7 Å². The first kappa shape index (κ1) is 16.9. The highest BCUT2D eigenvalue weighted by Gasteiger charge is 2.14. The summed E-state index contributed by atoms with van der Waals surface area (Å²) in [4.78, 5) is 28.5. The molecular weight excluding hydrogens is 344 g/mol. The Morgan fingerprint density at radius 1 is 1.24 bits per heavy atom. The Labute approximate surface area is 148 Å². The SMILES string of the molecule is Cc1ccc(C(=O)NCc2noc(-c3ccc(Cl)cc3)n2)c(=O)n1C. The van der Waals surface area contributed by atoms with Crippen molar-refractivity contribution in [2.24, 2.45) is 7.05 Å². The molecule has 1 amide bonds. The molecule has 25 heavy (non-hydrogen) atoms. The molecule has 0 aliphatic rings. The van der Waals surface area contributed by atoms with E-state index < -0.39 is 5.91 Å². The Morgan fingerprint density at radius 3 is 2.68 bits per heavy atom. The number of aromatic nitrogens is 3. The molecular formula is C17H15ClN4O3. The number of rotatable bonds is 4. The number of hydrogen-bond donors (Lipinski definition) is 1. The van der Waals surface area contributed by atoms with Crippen molar-refractivity contribution in [3.63, 3.8) is 0 Å².